The van der Waals surface area contributed by atoms with Crippen molar-refractivity contribution in [2.45, 2.75) is 78.4 Å². The molecule has 1 rings (SSSR count). The molecule has 0 heterocycles. The predicted octanol–water partition coefficient (Wildman–Crippen LogP) is 5.69. The summed E-state index contributed by atoms with van der Waals surface area (Å²) in [6.45, 7) is 9.72. The van der Waals surface area contributed by atoms with E-state index in [9.17, 15) is 0 Å². The Morgan fingerprint density at radius 3 is 2.21 bits per heavy atom. The molecule has 0 spiro atoms. The van der Waals surface area contributed by atoms with Gasteiger partial charge in [-0.1, -0.05) is 64.8 Å². The second-order valence-electron chi connectivity index (χ2n) is 5.53. The third-order valence-electron chi connectivity index (χ3n) is 3.98. The van der Waals surface area contributed by atoms with Crippen molar-refractivity contribution in [3.8, 4) is 0 Å². The SMILES string of the molecule is CCCCC(CC)OCc1ccc(C(C)CC)cc1. The molecule has 0 saturated heterocycles. The standard InChI is InChI=1S/C18H30O/c1-5-8-9-18(7-3)19-14-16-10-12-17(13-11-16)15(4)6-2/h10-13,15,18H,5-9,14H2,1-4H3. The summed E-state index contributed by atoms with van der Waals surface area (Å²) in [5.41, 5.74) is 2.73. The van der Waals surface area contributed by atoms with Gasteiger partial charge in [-0.05, 0) is 36.3 Å². The normalized spacial score (nSPS) is 14.3. The van der Waals surface area contributed by atoms with E-state index < -0.39 is 0 Å². The molecule has 1 heteroatoms. The molecule has 1 aromatic carbocycles. The van der Waals surface area contributed by atoms with Crippen LogP contribution in [0.2, 0.25) is 0 Å². The van der Waals surface area contributed by atoms with E-state index in [1.807, 2.05) is 0 Å². The van der Waals surface area contributed by atoms with Crippen molar-refractivity contribution in [3.63, 3.8) is 0 Å². The van der Waals surface area contributed by atoms with Crippen LogP contribution in [0.25, 0.3) is 0 Å². The van der Waals surface area contributed by atoms with Gasteiger partial charge >= 0.3 is 0 Å². The molecule has 1 aromatic rings. The molecule has 19 heavy (non-hydrogen) atoms. The number of hydrogen-bond acceptors (Lipinski definition) is 1. The Morgan fingerprint density at radius 1 is 1.00 bits per heavy atom. The highest BCUT2D eigenvalue weighted by Crippen LogP contribution is 2.19. The minimum absolute atomic E-state index is 0.425. The minimum Gasteiger partial charge on any atom is -0.374 e. The highest BCUT2D eigenvalue weighted by atomic mass is 16.5. The summed E-state index contributed by atoms with van der Waals surface area (Å²) in [7, 11) is 0. The quantitative estimate of drug-likeness (QED) is 0.556. The van der Waals surface area contributed by atoms with E-state index in [-0.39, 0.29) is 0 Å². The molecule has 1 nitrogen and oxygen atoms in total. The highest BCUT2D eigenvalue weighted by molar-refractivity contribution is 5.24. The molecule has 0 radical (unpaired) electrons. The van der Waals surface area contributed by atoms with Crippen LogP contribution in [0.3, 0.4) is 0 Å². The smallest absolute Gasteiger partial charge is 0.0720 e. The molecule has 0 amide bonds. The van der Waals surface area contributed by atoms with Gasteiger partial charge < -0.3 is 4.74 Å². The van der Waals surface area contributed by atoms with E-state index >= 15 is 0 Å². The van der Waals surface area contributed by atoms with Crippen LogP contribution in [-0.2, 0) is 11.3 Å². The number of hydrogen-bond donors (Lipinski definition) is 0. The summed E-state index contributed by atoms with van der Waals surface area (Å²) in [5.74, 6) is 0.655. The van der Waals surface area contributed by atoms with Gasteiger partial charge in [-0.15, -0.1) is 0 Å². The summed E-state index contributed by atoms with van der Waals surface area (Å²) in [5, 5.41) is 0. The molecule has 0 aliphatic carbocycles. The van der Waals surface area contributed by atoms with Crippen molar-refractivity contribution in [3.05, 3.63) is 35.4 Å². The van der Waals surface area contributed by atoms with Crippen LogP contribution < -0.4 is 0 Å². The Hall–Kier alpha value is -0.820. The Bertz CT molecular complexity index is 328. The van der Waals surface area contributed by atoms with E-state index in [2.05, 4.69) is 52.0 Å². The third-order valence-corrected chi connectivity index (χ3v) is 3.98. The fourth-order valence-corrected chi connectivity index (χ4v) is 2.23. The van der Waals surface area contributed by atoms with Crippen LogP contribution in [0.15, 0.2) is 24.3 Å². The van der Waals surface area contributed by atoms with Gasteiger partial charge in [0.15, 0.2) is 0 Å². The second kappa shape index (κ2) is 9.14. The number of benzene rings is 1. The zero-order valence-electron chi connectivity index (χ0n) is 13.1. The van der Waals surface area contributed by atoms with Crippen LogP contribution in [0, 0.1) is 0 Å². The Balaban J connectivity index is 2.44. The summed E-state index contributed by atoms with van der Waals surface area (Å²) in [6.07, 6.45) is 6.46. The first kappa shape index (κ1) is 16.2. The van der Waals surface area contributed by atoms with Gasteiger partial charge in [0.05, 0.1) is 12.7 Å². The van der Waals surface area contributed by atoms with Crippen LogP contribution in [0.1, 0.15) is 76.8 Å². The van der Waals surface area contributed by atoms with Gasteiger partial charge in [0.2, 0.25) is 0 Å². The molecule has 2 unspecified atom stereocenters. The topological polar surface area (TPSA) is 9.23 Å². The number of unbranched alkanes of at least 4 members (excludes halogenated alkanes) is 1. The average molecular weight is 262 g/mol. The van der Waals surface area contributed by atoms with Crippen LogP contribution in [0.5, 0.6) is 0 Å². The molecule has 108 valence electrons. The highest BCUT2D eigenvalue weighted by Gasteiger charge is 2.07. The van der Waals surface area contributed by atoms with Crippen LogP contribution >= 0.6 is 0 Å². The molecule has 0 N–H and O–H groups in total. The molecular weight excluding hydrogens is 232 g/mol. The van der Waals surface area contributed by atoms with Gasteiger partial charge in [-0.25, -0.2) is 0 Å². The van der Waals surface area contributed by atoms with Crippen LogP contribution in [-0.4, -0.2) is 6.10 Å². The summed E-state index contributed by atoms with van der Waals surface area (Å²) < 4.78 is 6.01. The maximum absolute atomic E-state index is 6.01. The summed E-state index contributed by atoms with van der Waals surface area (Å²) in [6, 6.07) is 8.93. The molecular formula is C18H30O. The lowest BCUT2D eigenvalue weighted by molar-refractivity contribution is 0.0312. The van der Waals surface area contributed by atoms with Gasteiger partial charge in [-0.3, -0.25) is 0 Å². The van der Waals surface area contributed by atoms with Crippen molar-refractivity contribution >= 4 is 0 Å². The minimum atomic E-state index is 0.425. The first-order chi connectivity index (χ1) is 9.21. The Kier molecular flexibility index (Phi) is 7.81. The first-order valence-corrected chi connectivity index (χ1v) is 7.91. The van der Waals surface area contributed by atoms with Crippen molar-refractivity contribution in [2.24, 2.45) is 0 Å². The number of rotatable bonds is 9. The van der Waals surface area contributed by atoms with Gasteiger partial charge in [-0.2, -0.15) is 0 Å². The summed E-state index contributed by atoms with van der Waals surface area (Å²) >= 11 is 0. The molecule has 0 aromatic heterocycles. The Morgan fingerprint density at radius 2 is 1.68 bits per heavy atom. The monoisotopic (exact) mass is 262 g/mol. The predicted molar refractivity (Wildman–Crippen MR) is 83.5 cm³/mol. The van der Waals surface area contributed by atoms with E-state index in [1.54, 1.807) is 0 Å². The largest absolute Gasteiger partial charge is 0.374 e. The van der Waals surface area contributed by atoms with Crippen molar-refractivity contribution < 1.29 is 4.74 Å². The number of ether oxygens (including phenoxy) is 1. The molecule has 0 bridgehead atoms. The second-order valence-corrected chi connectivity index (χ2v) is 5.53. The summed E-state index contributed by atoms with van der Waals surface area (Å²) in [4.78, 5) is 0. The maximum atomic E-state index is 6.01. The van der Waals surface area contributed by atoms with Gasteiger partial charge in [0.1, 0.15) is 0 Å². The Labute approximate surface area is 119 Å². The zero-order chi connectivity index (χ0) is 14.1. The molecule has 0 fully saturated rings. The van der Waals surface area contributed by atoms with Crippen molar-refractivity contribution in [1.82, 2.24) is 0 Å². The lowest BCUT2D eigenvalue weighted by Gasteiger charge is -2.16. The van der Waals surface area contributed by atoms with E-state index in [1.165, 1.54) is 36.8 Å². The molecule has 0 aliphatic rings. The van der Waals surface area contributed by atoms with E-state index in [0.717, 1.165) is 13.0 Å². The van der Waals surface area contributed by atoms with Crippen LogP contribution in [0.4, 0.5) is 0 Å². The third kappa shape index (κ3) is 5.78. The first-order valence-electron chi connectivity index (χ1n) is 7.91. The maximum Gasteiger partial charge on any atom is 0.0720 e. The molecule has 0 aliphatic heterocycles. The van der Waals surface area contributed by atoms with Gasteiger partial charge in [0, 0.05) is 0 Å². The lowest BCUT2D eigenvalue weighted by atomic mass is 9.98. The fraction of sp³-hybridized carbons (Fsp3) is 0.667. The van der Waals surface area contributed by atoms with E-state index in [4.69, 9.17) is 4.74 Å². The molecule has 2 atom stereocenters. The lowest BCUT2D eigenvalue weighted by Crippen LogP contribution is -2.11. The van der Waals surface area contributed by atoms with E-state index in [0.29, 0.717) is 12.0 Å². The molecule has 0 saturated carbocycles. The fourth-order valence-electron chi connectivity index (χ4n) is 2.23. The zero-order valence-corrected chi connectivity index (χ0v) is 13.1. The van der Waals surface area contributed by atoms with Crippen molar-refractivity contribution in [2.75, 3.05) is 0 Å². The van der Waals surface area contributed by atoms with Gasteiger partial charge in [0.25, 0.3) is 0 Å². The average Bonchev–Trinajstić information content (AvgIpc) is 2.47. The van der Waals surface area contributed by atoms with Crippen molar-refractivity contribution in [1.29, 1.82) is 0 Å².